The molecule has 3 unspecified atom stereocenters. The van der Waals surface area contributed by atoms with Crippen LogP contribution in [0, 0.1) is 12.8 Å². The van der Waals surface area contributed by atoms with E-state index in [1.165, 1.54) is 17.5 Å². The molecule has 0 saturated heterocycles. The fraction of sp³-hybridized carbons (Fsp3) is 0.353. The first-order valence-corrected chi connectivity index (χ1v) is 6.94. The standard InChI is InChI=1S/C17H20N2/c1-12-10-14(8-9-19-12)17(18-2)16-11-15(16)13-6-4-3-5-7-13/h3-10,15-18H,11H2,1-2H3. The molecule has 0 radical (unpaired) electrons. The molecule has 0 spiro atoms. The van der Waals surface area contributed by atoms with Gasteiger partial charge in [-0.3, -0.25) is 4.98 Å². The lowest BCUT2D eigenvalue weighted by atomic mass is 9.99. The van der Waals surface area contributed by atoms with E-state index >= 15 is 0 Å². The second-order valence-corrected chi connectivity index (χ2v) is 5.41. The van der Waals surface area contributed by atoms with Gasteiger partial charge in [-0.1, -0.05) is 30.3 Å². The maximum Gasteiger partial charge on any atom is 0.0375 e. The molecule has 3 atom stereocenters. The van der Waals surface area contributed by atoms with Gasteiger partial charge in [0.15, 0.2) is 0 Å². The van der Waals surface area contributed by atoms with Crippen LogP contribution in [0.2, 0.25) is 0 Å². The van der Waals surface area contributed by atoms with Crippen LogP contribution in [0.5, 0.6) is 0 Å². The maximum atomic E-state index is 4.29. The molecule has 0 aliphatic heterocycles. The van der Waals surface area contributed by atoms with Crippen molar-refractivity contribution in [3.8, 4) is 0 Å². The summed E-state index contributed by atoms with van der Waals surface area (Å²) in [7, 11) is 2.06. The lowest BCUT2D eigenvalue weighted by Gasteiger charge is -2.17. The zero-order valence-electron chi connectivity index (χ0n) is 11.5. The van der Waals surface area contributed by atoms with E-state index < -0.39 is 0 Å². The van der Waals surface area contributed by atoms with Gasteiger partial charge in [-0.15, -0.1) is 0 Å². The Morgan fingerprint density at radius 3 is 2.68 bits per heavy atom. The van der Waals surface area contributed by atoms with Gasteiger partial charge in [0.2, 0.25) is 0 Å². The predicted octanol–water partition coefficient (Wildman–Crippen LogP) is 3.45. The van der Waals surface area contributed by atoms with E-state index in [0.717, 1.165) is 5.69 Å². The molecular weight excluding hydrogens is 232 g/mol. The van der Waals surface area contributed by atoms with Crippen LogP contribution in [0.3, 0.4) is 0 Å². The zero-order chi connectivity index (χ0) is 13.2. The number of hydrogen-bond acceptors (Lipinski definition) is 2. The molecule has 0 amide bonds. The molecule has 1 heterocycles. The van der Waals surface area contributed by atoms with Crippen molar-refractivity contribution in [2.75, 3.05) is 7.05 Å². The van der Waals surface area contributed by atoms with Crippen LogP contribution in [0.25, 0.3) is 0 Å². The van der Waals surface area contributed by atoms with Gasteiger partial charge in [0, 0.05) is 17.9 Å². The average Bonchev–Trinajstić information content (AvgIpc) is 3.21. The number of aromatic nitrogens is 1. The van der Waals surface area contributed by atoms with Gasteiger partial charge in [-0.25, -0.2) is 0 Å². The molecule has 1 aromatic carbocycles. The van der Waals surface area contributed by atoms with Crippen LogP contribution in [-0.2, 0) is 0 Å². The van der Waals surface area contributed by atoms with Crippen LogP contribution in [0.1, 0.15) is 35.2 Å². The summed E-state index contributed by atoms with van der Waals surface area (Å²) in [5.41, 5.74) is 3.92. The number of rotatable bonds is 4. The zero-order valence-corrected chi connectivity index (χ0v) is 11.5. The first kappa shape index (κ1) is 12.4. The van der Waals surface area contributed by atoms with E-state index in [0.29, 0.717) is 17.9 Å². The van der Waals surface area contributed by atoms with E-state index in [1.54, 1.807) is 0 Å². The van der Waals surface area contributed by atoms with E-state index in [1.807, 2.05) is 6.20 Å². The average molecular weight is 252 g/mol. The van der Waals surface area contributed by atoms with Gasteiger partial charge in [0.1, 0.15) is 0 Å². The largest absolute Gasteiger partial charge is 0.313 e. The molecule has 1 saturated carbocycles. The SMILES string of the molecule is CNC(c1ccnc(C)c1)C1CC1c1ccccc1. The predicted molar refractivity (Wildman–Crippen MR) is 78.1 cm³/mol. The summed E-state index contributed by atoms with van der Waals surface area (Å²) in [6.07, 6.45) is 3.19. The molecule has 2 heteroatoms. The molecule has 2 nitrogen and oxygen atoms in total. The van der Waals surface area contributed by atoms with E-state index in [9.17, 15) is 0 Å². The number of aryl methyl sites for hydroxylation is 1. The van der Waals surface area contributed by atoms with Crippen LogP contribution >= 0.6 is 0 Å². The van der Waals surface area contributed by atoms with Crippen molar-refractivity contribution in [1.82, 2.24) is 10.3 Å². The summed E-state index contributed by atoms with van der Waals surface area (Å²) in [4.78, 5) is 4.29. The lowest BCUT2D eigenvalue weighted by Crippen LogP contribution is -2.19. The minimum atomic E-state index is 0.437. The Bertz CT molecular complexity index is 550. The number of hydrogen-bond donors (Lipinski definition) is 1. The summed E-state index contributed by atoms with van der Waals surface area (Å²) in [6.45, 7) is 2.05. The van der Waals surface area contributed by atoms with Crippen molar-refractivity contribution < 1.29 is 0 Å². The van der Waals surface area contributed by atoms with Gasteiger partial charge in [0.05, 0.1) is 0 Å². The van der Waals surface area contributed by atoms with Gasteiger partial charge < -0.3 is 5.32 Å². The normalized spacial score (nSPS) is 23.1. The molecule has 1 N–H and O–H groups in total. The quantitative estimate of drug-likeness (QED) is 0.901. The van der Waals surface area contributed by atoms with Crippen molar-refractivity contribution in [3.05, 3.63) is 65.5 Å². The van der Waals surface area contributed by atoms with Crippen molar-refractivity contribution in [3.63, 3.8) is 0 Å². The molecule has 1 fully saturated rings. The van der Waals surface area contributed by atoms with Crippen molar-refractivity contribution in [2.45, 2.75) is 25.3 Å². The molecule has 98 valence electrons. The van der Waals surface area contributed by atoms with Gasteiger partial charge >= 0.3 is 0 Å². The summed E-state index contributed by atoms with van der Waals surface area (Å²) in [5, 5.41) is 3.48. The van der Waals surface area contributed by atoms with E-state index in [4.69, 9.17) is 0 Å². The molecule has 19 heavy (non-hydrogen) atoms. The van der Waals surface area contributed by atoms with Gasteiger partial charge in [-0.2, -0.15) is 0 Å². The van der Waals surface area contributed by atoms with Crippen LogP contribution in [-0.4, -0.2) is 12.0 Å². The minimum Gasteiger partial charge on any atom is -0.313 e. The lowest BCUT2D eigenvalue weighted by molar-refractivity contribution is 0.517. The highest BCUT2D eigenvalue weighted by Gasteiger charge is 2.43. The summed E-state index contributed by atoms with van der Waals surface area (Å²) in [5.74, 6) is 1.40. The first-order chi connectivity index (χ1) is 9.29. The Morgan fingerprint density at radius 2 is 2.00 bits per heavy atom. The summed E-state index contributed by atoms with van der Waals surface area (Å²) >= 11 is 0. The van der Waals surface area contributed by atoms with Crippen LogP contribution < -0.4 is 5.32 Å². The monoisotopic (exact) mass is 252 g/mol. The third-order valence-electron chi connectivity index (χ3n) is 4.09. The highest BCUT2D eigenvalue weighted by molar-refractivity contribution is 5.30. The Kier molecular flexibility index (Phi) is 3.34. The van der Waals surface area contributed by atoms with E-state index in [-0.39, 0.29) is 0 Å². The highest BCUT2D eigenvalue weighted by Crippen LogP contribution is 2.53. The Balaban J connectivity index is 1.79. The van der Waals surface area contributed by atoms with E-state index in [2.05, 4.69) is 66.7 Å². The van der Waals surface area contributed by atoms with Crippen LogP contribution in [0.4, 0.5) is 0 Å². The molecule has 1 aromatic heterocycles. The van der Waals surface area contributed by atoms with Crippen molar-refractivity contribution >= 4 is 0 Å². The number of nitrogens with zero attached hydrogens (tertiary/aromatic N) is 1. The Morgan fingerprint density at radius 1 is 1.21 bits per heavy atom. The fourth-order valence-electron chi connectivity index (χ4n) is 3.06. The fourth-order valence-corrected chi connectivity index (χ4v) is 3.06. The molecule has 0 bridgehead atoms. The minimum absolute atomic E-state index is 0.437. The number of nitrogens with one attached hydrogen (secondary N) is 1. The number of pyridine rings is 1. The number of benzene rings is 1. The second kappa shape index (κ2) is 5.14. The summed E-state index contributed by atoms with van der Waals surface area (Å²) in [6, 6.07) is 15.6. The maximum absolute atomic E-state index is 4.29. The van der Waals surface area contributed by atoms with Gasteiger partial charge in [0.25, 0.3) is 0 Å². The summed E-state index contributed by atoms with van der Waals surface area (Å²) < 4.78 is 0. The third-order valence-corrected chi connectivity index (χ3v) is 4.09. The smallest absolute Gasteiger partial charge is 0.0375 e. The van der Waals surface area contributed by atoms with Crippen molar-refractivity contribution in [2.24, 2.45) is 5.92 Å². The Hall–Kier alpha value is -1.67. The van der Waals surface area contributed by atoms with Gasteiger partial charge in [-0.05, 0) is 55.5 Å². The van der Waals surface area contributed by atoms with Crippen LogP contribution in [0.15, 0.2) is 48.7 Å². The first-order valence-electron chi connectivity index (χ1n) is 6.94. The molecule has 1 aliphatic rings. The van der Waals surface area contributed by atoms with Crippen molar-refractivity contribution in [1.29, 1.82) is 0 Å². The molecular formula is C17H20N2. The Labute approximate surface area is 114 Å². The molecule has 2 aromatic rings. The second-order valence-electron chi connectivity index (χ2n) is 5.41. The highest BCUT2D eigenvalue weighted by atomic mass is 14.9. The molecule has 3 rings (SSSR count). The topological polar surface area (TPSA) is 24.9 Å². The molecule has 1 aliphatic carbocycles. The third kappa shape index (κ3) is 2.54.